The Morgan fingerprint density at radius 1 is 1.04 bits per heavy atom. The van der Waals surface area contributed by atoms with E-state index in [9.17, 15) is 24.5 Å². The third kappa shape index (κ3) is 3.13. The van der Waals surface area contributed by atoms with E-state index in [2.05, 4.69) is 5.32 Å². The van der Waals surface area contributed by atoms with Gasteiger partial charge in [0.05, 0.1) is 10.5 Å². The lowest BCUT2D eigenvalue weighted by atomic mass is 10.0. The number of nitro benzene ring substituents is 1. The molecule has 0 aromatic heterocycles. The summed E-state index contributed by atoms with van der Waals surface area (Å²) < 4.78 is 0. The predicted octanol–water partition coefficient (Wildman–Crippen LogP) is 3.34. The van der Waals surface area contributed by atoms with Crippen LogP contribution in [0, 0.1) is 10.1 Å². The molecule has 1 aliphatic heterocycles. The molecule has 0 spiro atoms. The molecular formula is C20H19N3O5. The monoisotopic (exact) mass is 381 g/mol. The van der Waals surface area contributed by atoms with Crippen LogP contribution in [0.2, 0.25) is 0 Å². The first kappa shape index (κ1) is 19.2. The number of imide groups is 1. The molecule has 28 heavy (non-hydrogen) atoms. The molecule has 0 bridgehead atoms. The zero-order valence-electron chi connectivity index (χ0n) is 15.6. The third-order valence-electron chi connectivity index (χ3n) is 4.73. The van der Waals surface area contributed by atoms with E-state index in [1.165, 1.54) is 19.1 Å². The van der Waals surface area contributed by atoms with Crippen molar-refractivity contribution in [3.8, 4) is 0 Å². The van der Waals surface area contributed by atoms with Gasteiger partial charge in [-0.25, -0.2) is 0 Å². The van der Waals surface area contributed by atoms with Gasteiger partial charge in [-0.15, -0.1) is 0 Å². The van der Waals surface area contributed by atoms with Crippen molar-refractivity contribution < 1.29 is 19.3 Å². The van der Waals surface area contributed by atoms with Crippen molar-refractivity contribution in [3.05, 3.63) is 69.3 Å². The standard InChI is InChI=1S/C20H19N3O5/c1-11(2)13-7-4-5-9-15(13)21-18(24)12(3)22-19(25)14-8-6-10-16(23(27)28)17(14)20(22)26/h4-12H,1-3H3,(H,21,24). The molecule has 1 N–H and O–H groups in total. The lowest BCUT2D eigenvalue weighted by Crippen LogP contribution is -2.45. The molecule has 0 radical (unpaired) electrons. The summed E-state index contributed by atoms with van der Waals surface area (Å²) in [5.74, 6) is -1.95. The molecule has 1 unspecified atom stereocenters. The third-order valence-corrected chi connectivity index (χ3v) is 4.73. The van der Waals surface area contributed by atoms with Gasteiger partial charge in [-0.3, -0.25) is 29.4 Å². The molecule has 0 saturated heterocycles. The highest BCUT2D eigenvalue weighted by Gasteiger charge is 2.44. The first-order valence-corrected chi connectivity index (χ1v) is 8.79. The molecule has 2 aromatic rings. The number of carbonyl (C=O) groups excluding carboxylic acids is 3. The number of fused-ring (bicyclic) bond motifs is 1. The zero-order valence-corrected chi connectivity index (χ0v) is 15.6. The number of amides is 3. The predicted molar refractivity (Wildman–Crippen MR) is 102 cm³/mol. The topological polar surface area (TPSA) is 110 Å². The van der Waals surface area contributed by atoms with Gasteiger partial charge < -0.3 is 5.32 Å². The second-order valence-corrected chi connectivity index (χ2v) is 6.84. The Morgan fingerprint density at radius 3 is 2.36 bits per heavy atom. The lowest BCUT2D eigenvalue weighted by molar-refractivity contribution is -0.385. The number of nitrogens with one attached hydrogen (secondary N) is 1. The van der Waals surface area contributed by atoms with Crippen molar-refractivity contribution in [2.75, 3.05) is 5.32 Å². The van der Waals surface area contributed by atoms with Crippen molar-refractivity contribution in [3.63, 3.8) is 0 Å². The molecule has 1 heterocycles. The first-order chi connectivity index (χ1) is 13.2. The average Bonchev–Trinajstić information content (AvgIpc) is 2.92. The van der Waals surface area contributed by atoms with Crippen molar-refractivity contribution in [1.29, 1.82) is 0 Å². The number of nitro groups is 1. The molecule has 0 fully saturated rings. The number of anilines is 1. The summed E-state index contributed by atoms with van der Waals surface area (Å²) >= 11 is 0. The van der Waals surface area contributed by atoms with E-state index in [4.69, 9.17) is 0 Å². The maximum atomic E-state index is 12.7. The molecule has 3 rings (SSSR count). The normalized spacial score (nSPS) is 14.2. The van der Waals surface area contributed by atoms with Crippen molar-refractivity contribution >= 4 is 29.1 Å². The van der Waals surface area contributed by atoms with E-state index < -0.39 is 34.4 Å². The summed E-state index contributed by atoms with van der Waals surface area (Å²) in [5, 5.41) is 14.0. The SMILES string of the molecule is CC(C)c1ccccc1NC(=O)C(C)N1C(=O)c2cccc([N+](=O)[O-])c2C1=O. The summed E-state index contributed by atoms with van der Waals surface area (Å²) in [7, 11) is 0. The van der Waals surface area contributed by atoms with Gasteiger partial charge in [0, 0.05) is 11.8 Å². The minimum Gasteiger partial charge on any atom is -0.324 e. The second kappa shape index (κ2) is 7.22. The van der Waals surface area contributed by atoms with E-state index in [0.717, 1.165) is 16.5 Å². The highest BCUT2D eigenvalue weighted by atomic mass is 16.6. The maximum absolute atomic E-state index is 12.7. The summed E-state index contributed by atoms with van der Waals surface area (Å²) in [6.07, 6.45) is 0. The fourth-order valence-corrected chi connectivity index (χ4v) is 3.26. The summed E-state index contributed by atoms with van der Waals surface area (Å²) in [5.41, 5.74) is 0.718. The van der Waals surface area contributed by atoms with Gasteiger partial charge in [-0.2, -0.15) is 0 Å². The fourth-order valence-electron chi connectivity index (χ4n) is 3.26. The lowest BCUT2D eigenvalue weighted by Gasteiger charge is -2.22. The Bertz CT molecular complexity index is 999. The smallest absolute Gasteiger partial charge is 0.282 e. The Morgan fingerprint density at radius 2 is 1.71 bits per heavy atom. The van der Waals surface area contributed by atoms with Crippen LogP contribution in [0.1, 0.15) is 53.0 Å². The molecule has 2 aromatic carbocycles. The molecule has 8 nitrogen and oxygen atoms in total. The van der Waals surface area contributed by atoms with Crippen LogP contribution < -0.4 is 5.32 Å². The van der Waals surface area contributed by atoms with E-state index in [1.54, 1.807) is 12.1 Å². The van der Waals surface area contributed by atoms with Gasteiger partial charge in [0.2, 0.25) is 5.91 Å². The molecule has 1 atom stereocenters. The van der Waals surface area contributed by atoms with Gasteiger partial charge in [0.25, 0.3) is 17.5 Å². The van der Waals surface area contributed by atoms with Crippen molar-refractivity contribution in [2.24, 2.45) is 0 Å². The number of benzene rings is 2. The van der Waals surface area contributed by atoms with E-state index in [0.29, 0.717) is 5.69 Å². The Hall–Kier alpha value is -3.55. The van der Waals surface area contributed by atoms with Crippen LogP contribution >= 0.6 is 0 Å². The highest BCUT2D eigenvalue weighted by Crippen LogP contribution is 2.32. The molecule has 8 heteroatoms. The zero-order chi connectivity index (χ0) is 20.6. The Kier molecular flexibility index (Phi) is 4.96. The van der Waals surface area contributed by atoms with Gasteiger partial charge in [-0.05, 0) is 30.5 Å². The van der Waals surface area contributed by atoms with Crippen molar-refractivity contribution in [2.45, 2.75) is 32.7 Å². The minimum absolute atomic E-state index is 0.0681. The van der Waals surface area contributed by atoms with Crippen LogP contribution in [-0.4, -0.2) is 33.6 Å². The van der Waals surface area contributed by atoms with Gasteiger partial charge >= 0.3 is 0 Å². The largest absolute Gasteiger partial charge is 0.324 e. The van der Waals surface area contributed by atoms with E-state index in [-0.39, 0.29) is 17.0 Å². The molecule has 0 saturated carbocycles. The highest BCUT2D eigenvalue weighted by molar-refractivity contribution is 6.24. The number of carbonyl (C=O) groups is 3. The fraction of sp³-hybridized carbons (Fsp3) is 0.250. The number of rotatable bonds is 5. The van der Waals surface area contributed by atoms with Crippen molar-refractivity contribution in [1.82, 2.24) is 4.90 Å². The quantitative estimate of drug-likeness (QED) is 0.485. The second-order valence-electron chi connectivity index (χ2n) is 6.84. The van der Waals surface area contributed by atoms with Crippen LogP contribution in [0.25, 0.3) is 0 Å². The van der Waals surface area contributed by atoms with Crippen LogP contribution in [0.15, 0.2) is 42.5 Å². The number of para-hydroxylation sites is 1. The molecule has 0 aliphatic carbocycles. The molecule has 3 amide bonds. The first-order valence-electron chi connectivity index (χ1n) is 8.79. The molecule has 1 aliphatic rings. The van der Waals surface area contributed by atoms with Crippen LogP contribution in [0.4, 0.5) is 11.4 Å². The number of nitrogens with zero attached hydrogens (tertiary/aromatic N) is 2. The molecular weight excluding hydrogens is 362 g/mol. The summed E-state index contributed by atoms with van der Waals surface area (Å²) in [6, 6.07) is 9.99. The van der Waals surface area contributed by atoms with Crippen LogP contribution in [-0.2, 0) is 4.79 Å². The summed E-state index contributed by atoms with van der Waals surface area (Å²) in [4.78, 5) is 49.4. The maximum Gasteiger partial charge on any atom is 0.282 e. The van der Waals surface area contributed by atoms with Crippen LogP contribution in [0.3, 0.4) is 0 Å². The Balaban J connectivity index is 1.89. The number of hydrogen-bond donors (Lipinski definition) is 1. The Labute approximate surface area is 161 Å². The van der Waals surface area contributed by atoms with E-state index >= 15 is 0 Å². The van der Waals surface area contributed by atoms with Gasteiger partial charge in [0.15, 0.2) is 0 Å². The van der Waals surface area contributed by atoms with Gasteiger partial charge in [-0.1, -0.05) is 38.1 Å². The summed E-state index contributed by atoms with van der Waals surface area (Å²) in [6.45, 7) is 5.39. The number of hydrogen-bond acceptors (Lipinski definition) is 5. The minimum atomic E-state index is -1.13. The average molecular weight is 381 g/mol. The van der Waals surface area contributed by atoms with Crippen LogP contribution in [0.5, 0.6) is 0 Å². The molecule has 144 valence electrons. The van der Waals surface area contributed by atoms with E-state index in [1.807, 2.05) is 26.0 Å². The van der Waals surface area contributed by atoms with Gasteiger partial charge in [0.1, 0.15) is 11.6 Å².